The van der Waals surface area contributed by atoms with Crippen molar-refractivity contribution in [3.05, 3.63) is 130 Å². The Kier molecular flexibility index (Phi) is 10.7. The van der Waals surface area contributed by atoms with Crippen molar-refractivity contribution in [2.45, 2.75) is 50.2 Å². The molecule has 44 heavy (non-hydrogen) atoms. The van der Waals surface area contributed by atoms with Crippen molar-refractivity contribution in [2.24, 2.45) is 0 Å². The van der Waals surface area contributed by atoms with Gasteiger partial charge >= 0.3 is 0 Å². The Bertz CT molecular complexity index is 1680. The first-order valence-corrected chi connectivity index (χ1v) is 16.3. The van der Waals surface area contributed by atoms with E-state index in [0.717, 1.165) is 9.87 Å². The highest BCUT2D eigenvalue weighted by Gasteiger charge is 2.35. The van der Waals surface area contributed by atoms with Crippen molar-refractivity contribution in [2.75, 3.05) is 10.8 Å². The van der Waals surface area contributed by atoms with Crippen molar-refractivity contribution in [3.8, 4) is 0 Å². The van der Waals surface area contributed by atoms with E-state index >= 15 is 0 Å². The number of hydrogen-bond acceptors (Lipinski definition) is 4. The lowest BCUT2D eigenvalue weighted by Crippen LogP contribution is -2.56. The van der Waals surface area contributed by atoms with E-state index in [-0.39, 0.29) is 29.5 Å². The number of carbonyl (C=O) groups is 2. The first-order valence-electron chi connectivity index (χ1n) is 14.1. The molecule has 1 N–H and O–H groups in total. The Balaban J connectivity index is 1.82. The minimum absolute atomic E-state index is 0.0201. The topological polar surface area (TPSA) is 86.8 Å². The molecule has 4 aromatic carbocycles. The Hall–Kier alpha value is -3.85. The summed E-state index contributed by atoms with van der Waals surface area (Å²) in [4.78, 5) is 29.8. The van der Waals surface area contributed by atoms with Gasteiger partial charge < -0.3 is 10.2 Å². The van der Waals surface area contributed by atoms with E-state index in [9.17, 15) is 18.0 Å². The fourth-order valence-electron chi connectivity index (χ4n) is 4.67. The Morgan fingerprint density at radius 1 is 0.795 bits per heavy atom. The van der Waals surface area contributed by atoms with Crippen LogP contribution in [0.4, 0.5) is 5.69 Å². The monoisotopic (exact) mass is 651 g/mol. The summed E-state index contributed by atoms with van der Waals surface area (Å²) in [5.41, 5.74) is 1.12. The van der Waals surface area contributed by atoms with Crippen LogP contribution in [0.5, 0.6) is 0 Å². The molecule has 1 atom stereocenters. The third-order valence-electron chi connectivity index (χ3n) is 6.79. The molecular weight excluding hydrogens is 617 g/mol. The average Bonchev–Trinajstić information content (AvgIpc) is 2.99. The maximum atomic E-state index is 14.5. The lowest BCUT2D eigenvalue weighted by atomic mass is 10.0. The van der Waals surface area contributed by atoms with Gasteiger partial charge in [-0.3, -0.25) is 13.9 Å². The SMILES string of the molecule is CC(C)(C)NC(=O)[C@H](Cc1ccccc1)N(Cc1ccccc1Cl)C(=O)CN(c1ccc(Cl)cc1)S(=O)(=O)c1ccccc1. The van der Waals surface area contributed by atoms with E-state index in [0.29, 0.717) is 15.6 Å². The molecule has 10 heteroatoms. The highest BCUT2D eigenvalue weighted by Crippen LogP contribution is 2.27. The lowest BCUT2D eigenvalue weighted by Gasteiger charge is -2.35. The van der Waals surface area contributed by atoms with Crippen LogP contribution in [0.25, 0.3) is 0 Å². The number of sulfonamides is 1. The van der Waals surface area contributed by atoms with Crippen molar-refractivity contribution >= 4 is 50.7 Å². The maximum absolute atomic E-state index is 14.5. The molecule has 0 aliphatic carbocycles. The summed E-state index contributed by atoms with van der Waals surface area (Å²) in [6.07, 6.45) is 0.200. The number of hydrogen-bond donors (Lipinski definition) is 1. The van der Waals surface area contributed by atoms with Crippen LogP contribution in [0.15, 0.2) is 114 Å². The zero-order valence-electron chi connectivity index (χ0n) is 24.8. The molecule has 2 amide bonds. The molecule has 0 saturated carbocycles. The second-order valence-electron chi connectivity index (χ2n) is 11.4. The van der Waals surface area contributed by atoms with Crippen LogP contribution in [-0.2, 0) is 32.6 Å². The molecule has 0 unspecified atom stereocenters. The van der Waals surface area contributed by atoms with Crippen molar-refractivity contribution in [3.63, 3.8) is 0 Å². The smallest absolute Gasteiger partial charge is 0.264 e. The molecule has 0 aliphatic rings. The molecule has 0 fully saturated rings. The number of halogens is 2. The van der Waals surface area contributed by atoms with Crippen LogP contribution in [0.3, 0.4) is 0 Å². The Morgan fingerprint density at radius 2 is 1.36 bits per heavy atom. The predicted octanol–water partition coefficient (Wildman–Crippen LogP) is 6.74. The van der Waals surface area contributed by atoms with Gasteiger partial charge in [-0.1, -0.05) is 89.9 Å². The number of benzene rings is 4. The summed E-state index contributed by atoms with van der Waals surface area (Å²) in [6, 6.07) is 29.6. The molecule has 230 valence electrons. The molecule has 0 heterocycles. The lowest BCUT2D eigenvalue weighted by molar-refractivity contribution is -0.140. The first kappa shape index (κ1) is 33.1. The molecule has 4 rings (SSSR count). The zero-order valence-corrected chi connectivity index (χ0v) is 27.1. The van der Waals surface area contributed by atoms with Crippen LogP contribution in [0, 0.1) is 0 Å². The number of anilines is 1. The van der Waals surface area contributed by atoms with Gasteiger partial charge in [-0.15, -0.1) is 0 Å². The van der Waals surface area contributed by atoms with Crippen LogP contribution in [0.1, 0.15) is 31.9 Å². The van der Waals surface area contributed by atoms with E-state index in [1.165, 1.54) is 17.0 Å². The number of amides is 2. The molecule has 0 aromatic heterocycles. The van der Waals surface area contributed by atoms with Crippen LogP contribution >= 0.6 is 23.2 Å². The Labute approximate surface area is 269 Å². The largest absolute Gasteiger partial charge is 0.350 e. The number of carbonyl (C=O) groups excluding carboxylic acids is 2. The number of nitrogens with zero attached hydrogens (tertiary/aromatic N) is 2. The molecule has 0 bridgehead atoms. The summed E-state index contributed by atoms with van der Waals surface area (Å²) in [5.74, 6) is -0.949. The van der Waals surface area contributed by atoms with E-state index in [4.69, 9.17) is 23.2 Å². The van der Waals surface area contributed by atoms with Crippen molar-refractivity contribution in [1.82, 2.24) is 10.2 Å². The molecule has 0 radical (unpaired) electrons. The third-order valence-corrected chi connectivity index (χ3v) is 9.20. The van der Waals surface area contributed by atoms with Gasteiger partial charge in [0.1, 0.15) is 12.6 Å². The van der Waals surface area contributed by atoms with Gasteiger partial charge in [-0.05, 0) is 74.4 Å². The van der Waals surface area contributed by atoms with Crippen LogP contribution in [0.2, 0.25) is 10.0 Å². The molecule has 4 aromatic rings. The zero-order chi connectivity index (χ0) is 31.9. The van der Waals surface area contributed by atoms with Gasteiger partial charge in [-0.25, -0.2) is 8.42 Å². The fraction of sp³-hybridized carbons (Fsp3) is 0.235. The summed E-state index contributed by atoms with van der Waals surface area (Å²) >= 11 is 12.7. The standard InChI is InChI=1S/C34H35Cl2N3O4S/c1-34(2,3)37-33(41)31(22-25-12-6-4-7-13-25)38(23-26-14-10-11-17-30(26)36)32(40)24-39(28-20-18-27(35)19-21-28)44(42,43)29-15-8-5-9-16-29/h4-21,31H,22-24H2,1-3H3,(H,37,41)/t31-/m0/s1. The minimum atomic E-state index is -4.19. The summed E-state index contributed by atoms with van der Waals surface area (Å²) in [6.45, 7) is 4.99. The van der Waals surface area contributed by atoms with E-state index in [1.807, 2.05) is 51.1 Å². The molecular formula is C34H35Cl2N3O4S. The van der Waals surface area contributed by atoms with Crippen LogP contribution < -0.4 is 9.62 Å². The van der Waals surface area contributed by atoms with Crippen molar-refractivity contribution in [1.29, 1.82) is 0 Å². The fourth-order valence-corrected chi connectivity index (χ4v) is 6.43. The van der Waals surface area contributed by atoms with E-state index < -0.39 is 34.1 Å². The predicted molar refractivity (Wildman–Crippen MR) is 176 cm³/mol. The summed E-state index contributed by atoms with van der Waals surface area (Å²) in [5, 5.41) is 3.85. The van der Waals surface area contributed by atoms with Gasteiger partial charge in [-0.2, -0.15) is 0 Å². The normalized spacial score (nSPS) is 12.3. The van der Waals surface area contributed by atoms with Crippen LogP contribution in [-0.4, -0.2) is 43.3 Å². The van der Waals surface area contributed by atoms with Gasteiger partial charge in [0.15, 0.2) is 0 Å². The van der Waals surface area contributed by atoms with Gasteiger partial charge in [0.25, 0.3) is 10.0 Å². The van der Waals surface area contributed by atoms with Gasteiger partial charge in [0, 0.05) is 28.5 Å². The number of rotatable bonds is 11. The second kappa shape index (κ2) is 14.3. The highest BCUT2D eigenvalue weighted by molar-refractivity contribution is 7.92. The molecule has 0 spiro atoms. The molecule has 7 nitrogen and oxygen atoms in total. The average molecular weight is 653 g/mol. The molecule has 0 aliphatic heterocycles. The van der Waals surface area contributed by atoms with Gasteiger partial charge in [0.05, 0.1) is 10.6 Å². The third kappa shape index (κ3) is 8.62. The first-order chi connectivity index (χ1) is 20.8. The number of nitrogens with one attached hydrogen (secondary N) is 1. The molecule has 0 saturated heterocycles. The van der Waals surface area contributed by atoms with E-state index in [2.05, 4.69) is 5.32 Å². The minimum Gasteiger partial charge on any atom is -0.350 e. The van der Waals surface area contributed by atoms with Crippen molar-refractivity contribution < 1.29 is 18.0 Å². The van der Waals surface area contributed by atoms with E-state index in [1.54, 1.807) is 66.7 Å². The quantitative estimate of drug-likeness (QED) is 0.194. The summed E-state index contributed by atoms with van der Waals surface area (Å²) in [7, 11) is -4.19. The summed E-state index contributed by atoms with van der Waals surface area (Å²) < 4.78 is 29.0. The maximum Gasteiger partial charge on any atom is 0.264 e. The van der Waals surface area contributed by atoms with Gasteiger partial charge in [0.2, 0.25) is 11.8 Å². The Morgan fingerprint density at radius 3 is 1.95 bits per heavy atom. The second-order valence-corrected chi connectivity index (χ2v) is 14.1. The highest BCUT2D eigenvalue weighted by atomic mass is 35.5.